The van der Waals surface area contributed by atoms with E-state index in [0.29, 0.717) is 5.02 Å². The zero-order chi connectivity index (χ0) is 10.6. The van der Waals surface area contributed by atoms with Gasteiger partial charge in [-0.25, -0.2) is 10.2 Å². The molecule has 0 atom stereocenters. The number of nitrogens with zero attached hydrogens (tertiary/aromatic N) is 1. The number of hydrogen-bond acceptors (Lipinski definition) is 2. The third-order valence-electron chi connectivity index (χ3n) is 1.34. The Kier molecular flexibility index (Phi) is 4.15. The van der Waals surface area contributed by atoms with Gasteiger partial charge in [0.2, 0.25) is 0 Å². The Balaban J connectivity index is 2.76. The van der Waals surface area contributed by atoms with Crippen LogP contribution in [0.1, 0.15) is 5.56 Å². The van der Waals surface area contributed by atoms with E-state index >= 15 is 0 Å². The molecule has 1 aromatic rings. The van der Waals surface area contributed by atoms with Crippen molar-refractivity contribution < 1.29 is 4.79 Å². The molecule has 2 amide bonds. The molecule has 0 radical (unpaired) electrons. The number of carbonyl (C=O) groups excluding carboxylic acids is 1. The molecule has 6 heteroatoms. The van der Waals surface area contributed by atoms with Gasteiger partial charge in [0, 0.05) is 9.13 Å². The second-order valence-corrected chi connectivity index (χ2v) is 4.05. The highest BCUT2D eigenvalue weighted by atomic mass is 127. The molecule has 0 bridgehead atoms. The van der Waals surface area contributed by atoms with E-state index in [0.717, 1.165) is 9.13 Å². The Bertz CT molecular complexity index is 381. The van der Waals surface area contributed by atoms with E-state index in [2.05, 4.69) is 33.1 Å². The van der Waals surface area contributed by atoms with Crippen LogP contribution >= 0.6 is 34.2 Å². The van der Waals surface area contributed by atoms with Gasteiger partial charge in [0.1, 0.15) is 0 Å². The predicted octanol–water partition coefficient (Wildman–Crippen LogP) is 1.95. The molecule has 0 saturated carbocycles. The Hall–Kier alpha value is -0.820. The molecule has 0 unspecified atom stereocenters. The van der Waals surface area contributed by atoms with Crippen molar-refractivity contribution in [1.29, 1.82) is 0 Å². The van der Waals surface area contributed by atoms with Crippen LogP contribution in [0.15, 0.2) is 23.3 Å². The van der Waals surface area contributed by atoms with E-state index < -0.39 is 6.03 Å². The molecular formula is C8H7ClIN3O. The van der Waals surface area contributed by atoms with E-state index in [4.69, 9.17) is 17.3 Å². The second-order valence-electron chi connectivity index (χ2n) is 2.40. The Morgan fingerprint density at radius 3 is 2.93 bits per heavy atom. The first-order chi connectivity index (χ1) is 6.59. The number of rotatable bonds is 2. The van der Waals surface area contributed by atoms with Gasteiger partial charge in [-0.1, -0.05) is 17.7 Å². The van der Waals surface area contributed by atoms with Gasteiger partial charge in [-0.2, -0.15) is 5.10 Å². The summed E-state index contributed by atoms with van der Waals surface area (Å²) in [5.74, 6) is 0. The summed E-state index contributed by atoms with van der Waals surface area (Å²) in [4.78, 5) is 10.3. The van der Waals surface area contributed by atoms with E-state index in [1.165, 1.54) is 6.21 Å². The summed E-state index contributed by atoms with van der Waals surface area (Å²) in [5, 5.41) is 4.17. The van der Waals surface area contributed by atoms with Gasteiger partial charge in [0.15, 0.2) is 0 Å². The first kappa shape index (κ1) is 11.3. The fraction of sp³-hybridized carbons (Fsp3) is 0. The molecule has 0 aliphatic heterocycles. The summed E-state index contributed by atoms with van der Waals surface area (Å²) in [6.07, 6.45) is 1.43. The number of hydrazone groups is 1. The molecule has 1 rings (SSSR count). The van der Waals surface area contributed by atoms with Gasteiger partial charge >= 0.3 is 6.03 Å². The average molecular weight is 324 g/mol. The lowest BCUT2D eigenvalue weighted by molar-refractivity contribution is 0.249. The normalized spacial score (nSPS) is 10.4. The molecular weight excluding hydrogens is 316 g/mol. The monoisotopic (exact) mass is 323 g/mol. The van der Waals surface area contributed by atoms with Crippen LogP contribution < -0.4 is 11.2 Å². The molecule has 0 aliphatic carbocycles. The van der Waals surface area contributed by atoms with Crippen LogP contribution in [0.4, 0.5) is 4.79 Å². The first-order valence-electron chi connectivity index (χ1n) is 3.63. The Morgan fingerprint density at radius 2 is 2.36 bits per heavy atom. The summed E-state index contributed by atoms with van der Waals surface area (Å²) in [5.41, 5.74) is 7.63. The minimum Gasteiger partial charge on any atom is -0.350 e. The number of carbonyl (C=O) groups is 1. The Morgan fingerprint density at radius 1 is 1.64 bits per heavy atom. The van der Waals surface area contributed by atoms with Crippen LogP contribution in [-0.2, 0) is 0 Å². The maximum atomic E-state index is 10.3. The molecule has 0 heterocycles. The van der Waals surface area contributed by atoms with Crippen molar-refractivity contribution in [3.05, 3.63) is 32.4 Å². The van der Waals surface area contributed by atoms with Crippen molar-refractivity contribution in [3.8, 4) is 0 Å². The topological polar surface area (TPSA) is 67.5 Å². The van der Waals surface area contributed by atoms with Crippen molar-refractivity contribution in [2.45, 2.75) is 0 Å². The number of urea groups is 1. The van der Waals surface area contributed by atoms with E-state index in [9.17, 15) is 4.79 Å². The molecule has 0 aromatic heterocycles. The second kappa shape index (κ2) is 5.16. The number of primary amides is 1. The van der Waals surface area contributed by atoms with Crippen LogP contribution in [0, 0.1) is 3.57 Å². The predicted molar refractivity (Wildman–Crippen MR) is 64.5 cm³/mol. The van der Waals surface area contributed by atoms with Crippen LogP contribution in [0.25, 0.3) is 0 Å². The fourth-order valence-electron chi connectivity index (χ4n) is 0.772. The highest BCUT2D eigenvalue weighted by molar-refractivity contribution is 14.1. The quantitative estimate of drug-likeness (QED) is 0.487. The van der Waals surface area contributed by atoms with E-state index in [1.54, 1.807) is 12.1 Å². The van der Waals surface area contributed by atoms with Gasteiger partial charge in [0.25, 0.3) is 0 Å². The van der Waals surface area contributed by atoms with Crippen molar-refractivity contribution in [2.24, 2.45) is 10.8 Å². The van der Waals surface area contributed by atoms with Crippen molar-refractivity contribution in [3.63, 3.8) is 0 Å². The average Bonchev–Trinajstić information content (AvgIpc) is 2.08. The zero-order valence-corrected chi connectivity index (χ0v) is 9.91. The smallest absolute Gasteiger partial charge is 0.332 e. The van der Waals surface area contributed by atoms with Crippen LogP contribution in [0.2, 0.25) is 5.02 Å². The summed E-state index contributed by atoms with van der Waals surface area (Å²) in [6.45, 7) is 0. The standard InChI is InChI=1S/C8H7ClIN3O/c9-7-3-6(10)2-1-5(7)4-12-13-8(11)14/h1-4H,(H3,11,13,14). The van der Waals surface area contributed by atoms with Crippen LogP contribution in [0.5, 0.6) is 0 Å². The number of nitrogens with two attached hydrogens (primary N) is 1. The molecule has 0 fully saturated rings. The number of amides is 2. The number of nitrogens with one attached hydrogen (secondary N) is 1. The molecule has 14 heavy (non-hydrogen) atoms. The maximum Gasteiger partial charge on any atom is 0.332 e. The highest BCUT2D eigenvalue weighted by Crippen LogP contribution is 2.17. The minimum atomic E-state index is -0.706. The first-order valence-corrected chi connectivity index (χ1v) is 5.09. The maximum absolute atomic E-state index is 10.3. The summed E-state index contributed by atoms with van der Waals surface area (Å²) < 4.78 is 1.03. The van der Waals surface area contributed by atoms with Gasteiger partial charge in [-0.15, -0.1) is 0 Å². The summed E-state index contributed by atoms with van der Waals surface area (Å²) in [6, 6.07) is 4.78. The number of hydrogen-bond donors (Lipinski definition) is 2. The van der Waals surface area contributed by atoms with Crippen molar-refractivity contribution in [1.82, 2.24) is 5.43 Å². The zero-order valence-electron chi connectivity index (χ0n) is 7.00. The van der Waals surface area contributed by atoms with E-state index in [1.807, 2.05) is 6.07 Å². The third-order valence-corrected chi connectivity index (χ3v) is 2.34. The lowest BCUT2D eigenvalue weighted by atomic mass is 10.2. The molecule has 0 saturated heterocycles. The number of benzene rings is 1. The minimum absolute atomic E-state index is 0.576. The molecule has 0 aliphatic rings. The molecule has 3 N–H and O–H groups in total. The lowest BCUT2D eigenvalue weighted by Crippen LogP contribution is -2.24. The molecule has 4 nitrogen and oxygen atoms in total. The fourth-order valence-corrected chi connectivity index (χ4v) is 1.68. The van der Waals surface area contributed by atoms with Gasteiger partial charge < -0.3 is 5.73 Å². The Labute approximate surface area is 99.6 Å². The van der Waals surface area contributed by atoms with Crippen molar-refractivity contribution >= 4 is 46.4 Å². The van der Waals surface area contributed by atoms with Gasteiger partial charge in [-0.05, 0) is 34.7 Å². The van der Waals surface area contributed by atoms with Gasteiger partial charge in [0.05, 0.1) is 11.2 Å². The van der Waals surface area contributed by atoms with Crippen LogP contribution in [0.3, 0.4) is 0 Å². The van der Waals surface area contributed by atoms with Gasteiger partial charge in [-0.3, -0.25) is 0 Å². The largest absolute Gasteiger partial charge is 0.350 e. The highest BCUT2D eigenvalue weighted by Gasteiger charge is 1.97. The van der Waals surface area contributed by atoms with E-state index in [-0.39, 0.29) is 0 Å². The summed E-state index contributed by atoms with van der Waals surface area (Å²) >= 11 is 8.06. The molecule has 74 valence electrons. The summed E-state index contributed by atoms with van der Waals surface area (Å²) in [7, 11) is 0. The van der Waals surface area contributed by atoms with Crippen molar-refractivity contribution in [2.75, 3.05) is 0 Å². The SMILES string of the molecule is NC(=O)NN=Cc1ccc(I)cc1Cl. The number of halogens is 2. The van der Waals surface area contributed by atoms with Crippen LogP contribution in [-0.4, -0.2) is 12.2 Å². The third kappa shape index (κ3) is 3.51. The molecule has 0 spiro atoms. The molecule has 1 aromatic carbocycles. The lowest BCUT2D eigenvalue weighted by Gasteiger charge is -1.97.